The summed E-state index contributed by atoms with van der Waals surface area (Å²) in [4.78, 5) is 0.274. The molecule has 1 N–H and O–H groups in total. The van der Waals surface area contributed by atoms with E-state index in [0.29, 0.717) is 5.41 Å². The third kappa shape index (κ3) is 2.70. The third-order valence-corrected chi connectivity index (χ3v) is 3.86. The highest BCUT2D eigenvalue weighted by Gasteiger charge is 2.32. The van der Waals surface area contributed by atoms with Crippen LogP contribution in [-0.2, 0) is 0 Å². The van der Waals surface area contributed by atoms with Crippen molar-refractivity contribution >= 4 is 21.6 Å². The minimum absolute atomic E-state index is 0.274. The highest BCUT2D eigenvalue weighted by Crippen LogP contribution is 2.38. The molecular formula is C10H18BrNO. The van der Waals surface area contributed by atoms with Gasteiger partial charge in [0.1, 0.15) is 0 Å². The van der Waals surface area contributed by atoms with Crippen LogP contribution in [0.2, 0.25) is 0 Å². The van der Waals surface area contributed by atoms with E-state index < -0.39 is 0 Å². The molecule has 1 rings (SSSR count). The van der Waals surface area contributed by atoms with E-state index >= 15 is 0 Å². The maximum atomic E-state index is 8.71. The van der Waals surface area contributed by atoms with Gasteiger partial charge in [0, 0.05) is 0 Å². The van der Waals surface area contributed by atoms with Crippen molar-refractivity contribution in [2.75, 3.05) is 0 Å². The molecule has 0 aromatic carbocycles. The lowest BCUT2D eigenvalue weighted by atomic mass is 9.72. The Morgan fingerprint density at radius 3 is 2.46 bits per heavy atom. The molecule has 0 aliphatic heterocycles. The van der Waals surface area contributed by atoms with E-state index in [4.69, 9.17) is 5.21 Å². The van der Waals surface area contributed by atoms with Crippen LogP contribution in [0.1, 0.15) is 40.0 Å². The van der Waals surface area contributed by atoms with Crippen LogP contribution in [0.3, 0.4) is 0 Å². The van der Waals surface area contributed by atoms with Crippen molar-refractivity contribution in [2.45, 2.75) is 44.9 Å². The van der Waals surface area contributed by atoms with Crippen molar-refractivity contribution in [3.8, 4) is 0 Å². The molecule has 0 radical (unpaired) electrons. The van der Waals surface area contributed by atoms with Crippen molar-refractivity contribution in [3.63, 3.8) is 0 Å². The molecule has 0 saturated heterocycles. The van der Waals surface area contributed by atoms with Gasteiger partial charge >= 0.3 is 0 Å². The summed E-state index contributed by atoms with van der Waals surface area (Å²) < 4.78 is 0. The molecule has 2 atom stereocenters. The predicted octanol–water partition coefficient (Wildman–Crippen LogP) is 3.43. The minimum Gasteiger partial charge on any atom is -0.411 e. The molecule has 13 heavy (non-hydrogen) atoms. The van der Waals surface area contributed by atoms with Gasteiger partial charge in [-0.15, -0.1) is 0 Å². The van der Waals surface area contributed by atoms with Crippen LogP contribution < -0.4 is 0 Å². The molecule has 0 unspecified atom stereocenters. The molecule has 1 fully saturated rings. The summed E-state index contributed by atoms with van der Waals surface area (Å²) in [6, 6.07) is 0. The number of hydrogen-bond acceptors (Lipinski definition) is 2. The zero-order chi connectivity index (χ0) is 10.1. The lowest BCUT2D eigenvalue weighted by Gasteiger charge is -2.36. The average Bonchev–Trinajstić information content (AvgIpc) is 2.02. The van der Waals surface area contributed by atoms with Gasteiger partial charge in [-0.05, 0) is 30.6 Å². The second-order valence-corrected chi connectivity index (χ2v) is 6.00. The van der Waals surface area contributed by atoms with Crippen molar-refractivity contribution in [2.24, 2.45) is 16.5 Å². The molecule has 1 saturated carbocycles. The third-order valence-electron chi connectivity index (χ3n) is 2.96. The highest BCUT2D eigenvalue weighted by atomic mass is 79.9. The van der Waals surface area contributed by atoms with Crippen LogP contribution in [0.5, 0.6) is 0 Å². The van der Waals surface area contributed by atoms with Crippen molar-refractivity contribution in [1.82, 2.24) is 0 Å². The molecule has 2 nitrogen and oxygen atoms in total. The number of oxime groups is 1. The van der Waals surface area contributed by atoms with Gasteiger partial charge in [-0.1, -0.05) is 41.9 Å². The smallest absolute Gasteiger partial charge is 0.0707 e. The van der Waals surface area contributed by atoms with Crippen LogP contribution >= 0.6 is 15.9 Å². The van der Waals surface area contributed by atoms with E-state index in [-0.39, 0.29) is 4.83 Å². The standard InChI is InChI=1S/C10H18BrNO/c1-10(2,3)7-4-5-9(12-13)8(11)6-7/h7-8,13H,4-6H2,1-3H3/b12-9+/t7-,8-/m1/s1. The first-order valence-corrected chi connectivity index (χ1v) is 5.71. The van der Waals surface area contributed by atoms with Gasteiger partial charge < -0.3 is 5.21 Å². The van der Waals surface area contributed by atoms with E-state index in [9.17, 15) is 0 Å². The molecule has 1 aliphatic carbocycles. The minimum atomic E-state index is 0.274. The fourth-order valence-corrected chi connectivity index (χ4v) is 2.65. The number of rotatable bonds is 0. The Labute approximate surface area is 88.5 Å². The summed E-state index contributed by atoms with van der Waals surface area (Å²) in [5, 5.41) is 12.0. The van der Waals surface area contributed by atoms with Crippen LogP contribution in [0, 0.1) is 11.3 Å². The Bertz CT molecular complexity index is 207. The first kappa shape index (κ1) is 11.0. The first-order valence-electron chi connectivity index (χ1n) is 4.80. The Morgan fingerprint density at radius 1 is 1.46 bits per heavy atom. The number of nitrogens with zero attached hydrogens (tertiary/aromatic N) is 1. The monoisotopic (exact) mass is 247 g/mol. The van der Waals surface area contributed by atoms with Gasteiger partial charge in [0.05, 0.1) is 10.5 Å². The van der Waals surface area contributed by atoms with Gasteiger partial charge in [0.25, 0.3) is 0 Å². The lowest BCUT2D eigenvalue weighted by molar-refractivity contribution is 0.208. The summed E-state index contributed by atoms with van der Waals surface area (Å²) in [5.74, 6) is 0.724. The van der Waals surface area contributed by atoms with Gasteiger partial charge in [0.2, 0.25) is 0 Å². The van der Waals surface area contributed by atoms with E-state index in [1.807, 2.05) is 0 Å². The summed E-state index contributed by atoms with van der Waals surface area (Å²) in [6.07, 6.45) is 3.16. The summed E-state index contributed by atoms with van der Waals surface area (Å²) in [6.45, 7) is 6.83. The zero-order valence-electron chi connectivity index (χ0n) is 8.55. The Morgan fingerprint density at radius 2 is 2.08 bits per heavy atom. The van der Waals surface area contributed by atoms with Crippen LogP contribution in [0.4, 0.5) is 0 Å². The lowest BCUT2D eigenvalue weighted by Crippen LogP contribution is -2.32. The van der Waals surface area contributed by atoms with Gasteiger partial charge in [0.15, 0.2) is 0 Å². The maximum Gasteiger partial charge on any atom is 0.0707 e. The molecule has 0 bridgehead atoms. The van der Waals surface area contributed by atoms with E-state index in [1.165, 1.54) is 0 Å². The Hall–Kier alpha value is -0.0500. The van der Waals surface area contributed by atoms with E-state index in [1.54, 1.807) is 0 Å². The fraction of sp³-hybridized carbons (Fsp3) is 0.900. The quantitative estimate of drug-likeness (QED) is 0.397. The van der Waals surface area contributed by atoms with Crippen molar-refractivity contribution in [3.05, 3.63) is 0 Å². The van der Waals surface area contributed by atoms with Gasteiger partial charge in [-0.3, -0.25) is 0 Å². The van der Waals surface area contributed by atoms with Crippen molar-refractivity contribution < 1.29 is 5.21 Å². The summed E-state index contributed by atoms with van der Waals surface area (Å²) in [7, 11) is 0. The molecule has 0 amide bonds. The Kier molecular flexibility index (Phi) is 3.38. The Balaban J connectivity index is 2.61. The SMILES string of the molecule is CC(C)(C)[C@@H]1CC/C(=N\O)[C@H](Br)C1. The molecule has 0 aromatic heterocycles. The number of hydrogen-bond donors (Lipinski definition) is 1. The molecule has 0 heterocycles. The normalized spacial score (nSPS) is 33.7. The largest absolute Gasteiger partial charge is 0.411 e. The molecule has 0 spiro atoms. The van der Waals surface area contributed by atoms with Crippen LogP contribution in [-0.4, -0.2) is 15.7 Å². The first-order chi connectivity index (χ1) is 5.95. The number of alkyl halides is 1. The molecule has 0 aromatic rings. The zero-order valence-corrected chi connectivity index (χ0v) is 10.1. The molecular weight excluding hydrogens is 230 g/mol. The topological polar surface area (TPSA) is 32.6 Å². The molecule has 1 aliphatic rings. The van der Waals surface area contributed by atoms with Crippen LogP contribution in [0.25, 0.3) is 0 Å². The highest BCUT2D eigenvalue weighted by molar-refractivity contribution is 9.10. The summed E-state index contributed by atoms with van der Waals surface area (Å²) >= 11 is 3.56. The van der Waals surface area contributed by atoms with Gasteiger partial charge in [-0.2, -0.15) is 0 Å². The molecule has 3 heteroatoms. The second-order valence-electron chi connectivity index (χ2n) is 4.90. The van der Waals surface area contributed by atoms with Crippen LogP contribution in [0.15, 0.2) is 5.16 Å². The number of halogens is 1. The second kappa shape index (κ2) is 3.99. The van der Waals surface area contributed by atoms with E-state index in [2.05, 4.69) is 41.9 Å². The predicted molar refractivity (Wildman–Crippen MR) is 58.7 cm³/mol. The fourth-order valence-electron chi connectivity index (χ4n) is 1.88. The molecule has 76 valence electrons. The summed E-state index contributed by atoms with van der Waals surface area (Å²) in [5.41, 5.74) is 1.27. The average molecular weight is 248 g/mol. The van der Waals surface area contributed by atoms with E-state index in [0.717, 1.165) is 30.9 Å². The van der Waals surface area contributed by atoms with Gasteiger partial charge in [-0.25, -0.2) is 0 Å². The van der Waals surface area contributed by atoms with Crippen molar-refractivity contribution in [1.29, 1.82) is 0 Å². The maximum absolute atomic E-state index is 8.71.